The maximum atomic E-state index is 12.5. The van der Waals surface area contributed by atoms with E-state index in [1.165, 1.54) is 12.3 Å². The third-order valence-corrected chi connectivity index (χ3v) is 4.72. The lowest BCUT2D eigenvalue weighted by molar-refractivity contribution is 0.0946. The maximum absolute atomic E-state index is 12.5. The summed E-state index contributed by atoms with van der Waals surface area (Å²) in [6.07, 6.45) is 1.47. The van der Waals surface area contributed by atoms with Crippen molar-refractivity contribution in [2.75, 3.05) is 5.32 Å². The number of aryl methyl sites for hydroxylation is 3. The van der Waals surface area contributed by atoms with E-state index in [9.17, 15) is 9.59 Å². The van der Waals surface area contributed by atoms with E-state index in [0.29, 0.717) is 12.1 Å². The minimum absolute atomic E-state index is 0.210. The molecule has 2 aromatic carbocycles. The van der Waals surface area contributed by atoms with E-state index < -0.39 is 0 Å². The summed E-state index contributed by atoms with van der Waals surface area (Å²) in [7, 11) is 0. The Bertz CT molecular complexity index is 1030. The van der Waals surface area contributed by atoms with Gasteiger partial charge in [-0.1, -0.05) is 30.3 Å². The Morgan fingerprint density at radius 3 is 2.39 bits per heavy atom. The van der Waals surface area contributed by atoms with E-state index in [4.69, 9.17) is 0 Å². The van der Waals surface area contributed by atoms with Crippen LogP contribution in [0.2, 0.25) is 0 Å². The Kier molecular flexibility index (Phi) is 5.84. The van der Waals surface area contributed by atoms with E-state index in [1.54, 1.807) is 6.07 Å². The normalized spacial score (nSPS) is 10.4. The van der Waals surface area contributed by atoms with Crippen LogP contribution in [0.25, 0.3) is 0 Å². The molecule has 2 amide bonds. The van der Waals surface area contributed by atoms with Crippen LogP contribution in [0.15, 0.2) is 60.8 Å². The summed E-state index contributed by atoms with van der Waals surface area (Å²) < 4.78 is 0. The van der Waals surface area contributed by atoms with Crippen LogP contribution in [-0.2, 0) is 6.54 Å². The predicted octanol–water partition coefficient (Wildman–Crippen LogP) is 4.19. The number of rotatable bonds is 5. The number of benzene rings is 2. The van der Waals surface area contributed by atoms with Crippen molar-refractivity contribution < 1.29 is 9.59 Å². The molecule has 0 aliphatic rings. The first-order chi connectivity index (χ1) is 13.4. The molecule has 28 heavy (non-hydrogen) atoms. The van der Waals surface area contributed by atoms with Crippen molar-refractivity contribution in [3.05, 3.63) is 94.3 Å². The van der Waals surface area contributed by atoms with Gasteiger partial charge in [0.2, 0.25) is 0 Å². The van der Waals surface area contributed by atoms with Crippen LogP contribution in [0, 0.1) is 20.8 Å². The van der Waals surface area contributed by atoms with Gasteiger partial charge in [0.25, 0.3) is 11.8 Å². The number of hydrogen-bond acceptors (Lipinski definition) is 3. The quantitative estimate of drug-likeness (QED) is 0.704. The Labute approximate surface area is 164 Å². The monoisotopic (exact) mass is 373 g/mol. The summed E-state index contributed by atoms with van der Waals surface area (Å²) in [5.41, 5.74) is 5.72. The molecule has 0 aliphatic heterocycles. The van der Waals surface area contributed by atoms with Gasteiger partial charge in [-0.05, 0) is 67.3 Å². The molecule has 1 heterocycles. The maximum Gasteiger partial charge on any atom is 0.270 e. The van der Waals surface area contributed by atoms with E-state index in [1.807, 2.05) is 63.2 Å². The van der Waals surface area contributed by atoms with Gasteiger partial charge in [0.15, 0.2) is 0 Å². The molecule has 0 saturated heterocycles. The smallest absolute Gasteiger partial charge is 0.270 e. The molecule has 0 bridgehead atoms. The number of anilines is 1. The molecule has 3 rings (SSSR count). The molecular weight excluding hydrogens is 350 g/mol. The number of aromatic nitrogens is 1. The molecule has 0 unspecified atom stereocenters. The Morgan fingerprint density at radius 2 is 1.64 bits per heavy atom. The van der Waals surface area contributed by atoms with Gasteiger partial charge in [-0.15, -0.1) is 0 Å². The zero-order chi connectivity index (χ0) is 20.1. The molecule has 3 aromatic rings. The predicted molar refractivity (Wildman–Crippen MR) is 110 cm³/mol. The van der Waals surface area contributed by atoms with Crippen molar-refractivity contribution in [2.24, 2.45) is 0 Å². The highest BCUT2D eigenvalue weighted by atomic mass is 16.2. The zero-order valence-electron chi connectivity index (χ0n) is 16.2. The van der Waals surface area contributed by atoms with Crippen molar-refractivity contribution in [2.45, 2.75) is 27.3 Å². The van der Waals surface area contributed by atoms with Crippen molar-refractivity contribution in [3.8, 4) is 0 Å². The summed E-state index contributed by atoms with van der Waals surface area (Å²) in [6, 6.07) is 16.7. The van der Waals surface area contributed by atoms with Crippen LogP contribution in [0.1, 0.15) is 43.1 Å². The summed E-state index contributed by atoms with van der Waals surface area (Å²) in [4.78, 5) is 29.1. The highest BCUT2D eigenvalue weighted by Gasteiger charge is 2.12. The largest absolute Gasteiger partial charge is 0.347 e. The van der Waals surface area contributed by atoms with Crippen LogP contribution in [0.4, 0.5) is 5.69 Å². The second kappa shape index (κ2) is 8.48. The molecule has 0 aliphatic carbocycles. The molecule has 0 saturated carbocycles. The lowest BCUT2D eigenvalue weighted by Crippen LogP contribution is -2.24. The van der Waals surface area contributed by atoms with E-state index >= 15 is 0 Å². The van der Waals surface area contributed by atoms with Gasteiger partial charge in [0, 0.05) is 24.0 Å². The third kappa shape index (κ3) is 4.62. The fourth-order valence-electron chi connectivity index (χ4n) is 2.79. The van der Waals surface area contributed by atoms with E-state index in [0.717, 1.165) is 27.9 Å². The second-order valence-electron chi connectivity index (χ2n) is 6.79. The molecular formula is C23H23N3O2. The van der Waals surface area contributed by atoms with E-state index in [2.05, 4.69) is 15.6 Å². The van der Waals surface area contributed by atoms with Crippen LogP contribution in [-0.4, -0.2) is 16.8 Å². The fraction of sp³-hybridized carbons (Fsp3) is 0.174. The summed E-state index contributed by atoms with van der Waals surface area (Å²) in [6.45, 7) is 6.42. The van der Waals surface area contributed by atoms with Crippen LogP contribution in [0.5, 0.6) is 0 Å². The molecule has 5 nitrogen and oxygen atoms in total. The van der Waals surface area contributed by atoms with Crippen molar-refractivity contribution in [1.29, 1.82) is 0 Å². The number of amides is 2. The van der Waals surface area contributed by atoms with Gasteiger partial charge >= 0.3 is 0 Å². The number of nitrogens with one attached hydrogen (secondary N) is 2. The van der Waals surface area contributed by atoms with Gasteiger partial charge in [0.1, 0.15) is 5.69 Å². The SMILES string of the molecule is Cc1ccc(NC(=O)c2ccnc(C(=O)NCc3ccccc3C)c2)cc1C. The van der Waals surface area contributed by atoms with Crippen LogP contribution < -0.4 is 10.6 Å². The first-order valence-corrected chi connectivity index (χ1v) is 9.11. The summed E-state index contributed by atoms with van der Waals surface area (Å²) >= 11 is 0. The Hall–Kier alpha value is -3.47. The molecule has 2 N–H and O–H groups in total. The average Bonchev–Trinajstić information content (AvgIpc) is 2.70. The Balaban J connectivity index is 1.68. The van der Waals surface area contributed by atoms with Gasteiger partial charge in [-0.3, -0.25) is 14.6 Å². The molecule has 142 valence electrons. The topological polar surface area (TPSA) is 71.1 Å². The minimum Gasteiger partial charge on any atom is -0.347 e. The number of pyridine rings is 1. The van der Waals surface area contributed by atoms with Gasteiger partial charge in [0.05, 0.1) is 0 Å². The van der Waals surface area contributed by atoms with Crippen molar-refractivity contribution in [3.63, 3.8) is 0 Å². The molecule has 0 spiro atoms. The molecule has 0 atom stereocenters. The summed E-state index contributed by atoms with van der Waals surface area (Å²) in [5.74, 6) is -0.595. The lowest BCUT2D eigenvalue weighted by Gasteiger charge is -2.10. The molecule has 5 heteroatoms. The number of carbonyl (C=O) groups is 2. The average molecular weight is 373 g/mol. The third-order valence-electron chi connectivity index (χ3n) is 4.72. The first kappa shape index (κ1) is 19.3. The number of carbonyl (C=O) groups excluding carboxylic acids is 2. The van der Waals surface area contributed by atoms with Crippen molar-refractivity contribution in [1.82, 2.24) is 10.3 Å². The zero-order valence-corrected chi connectivity index (χ0v) is 16.2. The number of hydrogen-bond donors (Lipinski definition) is 2. The fourth-order valence-corrected chi connectivity index (χ4v) is 2.79. The van der Waals surface area contributed by atoms with Gasteiger partial charge in [-0.2, -0.15) is 0 Å². The molecule has 1 aromatic heterocycles. The van der Waals surface area contributed by atoms with Gasteiger partial charge in [-0.25, -0.2) is 0 Å². The minimum atomic E-state index is -0.316. The first-order valence-electron chi connectivity index (χ1n) is 9.11. The Morgan fingerprint density at radius 1 is 0.857 bits per heavy atom. The van der Waals surface area contributed by atoms with E-state index in [-0.39, 0.29) is 17.5 Å². The number of nitrogens with zero attached hydrogens (tertiary/aromatic N) is 1. The van der Waals surface area contributed by atoms with Crippen LogP contribution in [0.3, 0.4) is 0 Å². The molecule has 0 radical (unpaired) electrons. The second-order valence-corrected chi connectivity index (χ2v) is 6.79. The highest BCUT2D eigenvalue weighted by molar-refractivity contribution is 6.05. The van der Waals surface area contributed by atoms with Crippen molar-refractivity contribution >= 4 is 17.5 Å². The van der Waals surface area contributed by atoms with Crippen LogP contribution >= 0.6 is 0 Å². The van der Waals surface area contributed by atoms with Gasteiger partial charge < -0.3 is 10.6 Å². The summed E-state index contributed by atoms with van der Waals surface area (Å²) in [5, 5.41) is 5.71. The standard InChI is InChI=1S/C23H23N3O2/c1-15-8-9-20(12-17(15)3)26-22(27)18-10-11-24-21(13-18)23(28)25-14-19-7-5-4-6-16(19)2/h4-13H,14H2,1-3H3,(H,25,28)(H,26,27). The highest BCUT2D eigenvalue weighted by Crippen LogP contribution is 2.15. The lowest BCUT2D eigenvalue weighted by atomic mass is 10.1. The molecule has 0 fully saturated rings.